The zero-order valence-corrected chi connectivity index (χ0v) is 15.8. The highest BCUT2D eigenvalue weighted by molar-refractivity contribution is 6.97. The summed E-state index contributed by atoms with van der Waals surface area (Å²) in [5.74, 6) is -6.34. The molecule has 0 aliphatic rings. The van der Waals surface area contributed by atoms with Gasteiger partial charge in [-0.3, -0.25) is 19.2 Å². The fourth-order valence-electron chi connectivity index (χ4n) is 1.53. The largest absolute Gasteiger partial charge is 0.365 e. The van der Waals surface area contributed by atoms with Crippen molar-refractivity contribution in [1.82, 2.24) is 0 Å². The molecule has 0 aliphatic heterocycles. The lowest BCUT2D eigenvalue weighted by atomic mass is 10.2. The Kier molecular flexibility index (Phi) is 11.5. The highest BCUT2D eigenvalue weighted by Gasteiger charge is 2.15. The number of hydrogen-bond donors (Lipinski definition) is 1. The van der Waals surface area contributed by atoms with E-state index in [1.54, 1.807) is 0 Å². The summed E-state index contributed by atoms with van der Waals surface area (Å²) < 4.78 is 50.7. The van der Waals surface area contributed by atoms with Crippen molar-refractivity contribution in [3.05, 3.63) is 70.8 Å². The topological polar surface area (TPSA) is 124 Å². The Balaban J connectivity index is 0.000000450. The number of halogens is 6. The molecule has 158 valence electrons. The molecule has 0 saturated heterocycles. The van der Waals surface area contributed by atoms with E-state index in [4.69, 9.17) is 5.73 Å². The van der Waals surface area contributed by atoms with E-state index in [1.165, 1.54) is 0 Å². The van der Waals surface area contributed by atoms with Crippen LogP contribution in [-0.4, -0.2) is 28.4 Å². The summed E-state index contributed by atoms with van der Waals surface area (Å²) in [5.41, 5.74) is 3.17. The Morgan fingerprint density at radius 1 is 0.767 bits per heavy atom. The molecular weight excluding hydrogens is 459 g/mol. The number of benzene rings is 2. The maximum Gasteiger partial charge on any atom is 0.304 e. The van der Waals surface area contributed by atoms with Crippen LogP contribution in [0.4, 0.5) is 17.6 Å². The van der Waals surface area contributed by atoms with Crippen molar-refractivity contribution in [2.75, 3.05) is 0 Å². The van der Waals surface area contributed by atoms with Crippen molar-refractivity contribution in [3.8, 4) is 0 Å². The second kappa shape index (κ2) is 12.9. The van der Waals surface area contributed by atoms with Crippen LogP contribution in [0.3, 0.4) is 0 Å². The predicted octanol–water partition coefficient (Wildman–Crippen LogP) is 3.02. The summed E-state index contributed by atoms with van der Waals surface area (Å²) in [6.45, 7) is 0. The van der Waals surface area contributed by atoms with Gasteiger partial charge in [0, 0.05) is 0 Å². The Bertz CT molecular complexity index is 975. The molecular formula is C17H8Cl2F4N2O5. The van der Waals surface area contributed by atoms with Crippen LogP contribution in [0.1, 0.15) is 20.7 Å². The number of carbonyl (C=O) groups excluding carboxylic acids is 5. The zero-order chi connectivity index (χ0) is 23.4. The monoisotopic (exact) mass is 466 g/mol. The van der Waals surface area contributed by atoms with Crippen molar-refractivity contribution in [2.24, 2.45) is 10.7 Å². The standard InChI is InChI=1S/C8H3F2NO2.C7H5F2NO.C2Cl2O2/c9-5-2-1-3-6(10)7(5)8(13)11-4-12;8-4-2-1-3-5(9)6(4)7(10)11;3-1(5)2(4)6/h1-3H;1-3H,(H2,10,11);. The minimum absolute atomic E-state index is 0.687. The maximum atomic E-state index is 12.8. The summed E-state index contributed by atoms with van der Waals surface area (Å²) in [7, 11) is 0. The van der Waals surface area contributed by atoms with E-state index in [0.29, 0.717) is 0 Å². The minimum Gasteiger partial charge on any atom is -0.365 e. The van der Waals surface area contributed by atoms with E-state index in [2.05, 4.69) is 28.2 Å². The third-order valence-electron chi connectivity index (χ3n) is 2.69. The summed E-state index contributed by atoms with van der Waals surface area (Å²) in [5, 5.41) is -2.28. The molecule has 0 bridgehead atoms. The molecule has 0 fully saturated rings. The molecule has 30 heavy (non-hydrogen) atoms. The van der Waals surface area contributed by atoms with Crippen LogP contribution < -0.4 is 5.73 Å². The average Bonchev–Trinajstić information content (AvgIpc) is 2.62. The van der Waals surface area contributed by atoms with E-state index in [9.17, 15) is 41.5 Å². The Morgan fingerprint density at radius 3 is 1.33 bits per heavy atom. The van der Waals surface area contributed by atoms with Crippen molar-refractivity contribution in [1.29, 1.82) is 0 Å². The molecule has 0 spiro atoms. The van der Waals surface area contributed by atoms with E-state index < -0.39 is 56.7 Å². The van der Waals surface area contributed by atoms with Crippen LogP contribution in [0.15, 0.2) is 41.4 Å². The number of primary amides is 1. The molecule has 2 rings (SSSR count). The van der Waals surface area contributed by atoms with Crippen LogP contribution in [0.5, 0.6) is 0 Å². The molecule has 0 atom stereocenters. The van der Waals surface area contributed by atoms with Gasteiger partial charge in [-0.15, -0.1) is 4.99 Å². The van der Waals surface area contributed by atoms with Crippen molar-refractivity contribution in [3.63, 3.8) is 0 Å². The summed E-state index contributed by atoms with van der Waals surface area (Å²) >= 11 is 8.98. The number of nitrogens with zero attached hydrogens (tertiary/aromatic N) is 1. The number of isocyanates is 1. The lowest BCUT2D eigenvalue weighted by molar-refractivity contribution is -0.127. The van der Waals surface area contributed by atoms with Crippen LogP contribution in [-0.2, 0) is 14.4 Å². The first kappa shape index (κ1) is 26.6. The minimum atomic E-state index is -1.27. The Labute approximate surface area is 175 Å². The maximum absolute atomic E-state index is 12.8. The van der Waals surface area contributed by atoms with Crippen LogP contribution in [0.2, 0.25) is 0 Å². The number of carbonyl (C=O) groups is 4. The molecule has 2 amide bonds. The Morgan fingerprint density at radius 2 is 1.10 bits per heavy atom. The molecule has 2 aromatic carbocycles. The first-order valence-electron chi connectivity index (χ1n) is 7.13. The van der Waals surface area contributed by atoms with E-state index in [1.807, 2.05) is 0 Å². The molecule has 2 aromatic rings. The van der Waals surface area contributed by atoms with Crippen LogP contribution in [0, 0.1) is 23.3 Å². The van der Waals surface area contributed by atoms with Gasteiger partial charge in [0.25, 0.3) is 11.8 Å². The van der Waals surface area contributed by atoms with Gasteiger partial charge in [0.15, 0.2) is 0 Å². The van der Waals surface area contributed by atoms with Crippen LogP contribution >= 0.6 is 23.2 Å². The number of nitrogens with two attached hydrogens (primary N) is 1. The molecule has 0 heterocycles. The molecule has 0 radical (unpaired) electrons. The van der Waals surface area contributed by atoms with Crippen molar-refractivity contribution >= 4 is 51.6 Å². The number of amides is 2. The smallest absolute Gasteiger partial charge is 0.304 e. The number of hydrogen-bond acceptors (Lipinski definition) is 5. The fourth-order valence-corrected chi connectivity index (χ4v) is 1.53. The molecule has 0 unspecified atom stereocenters. The van der Waals surface area contributed by atoms with Gasteiger partial charge in [0.05, 0.1) is 0 Å². The van der Waals surface area contributed by atoms with Gasteiger partial charge in [-0.25, -0.2) is 22.4 Å². The normalized spacial score (nSPS) is 9.00. The first-order chi connectivity index (χ1) is 13.9. The molecule has 7 nitrogen and oxygen atoms in total. The van der Waals surface area contributed by atoms with Gasteiger partial charge < -0.3 is 5.73 Å². The Hall–Kier alpha value is -3.40. The third kappa shape index (κ3) is 8.74. The fraction of sp³-hybridized carbons (Fsp3) is 0. The van der Waals surface area contributed by atoms with Crippen LogP contribution in [0.25, 0.3) is 0 Å². The van der Waals surface area contributed by atoms with E-state index in [-0.39, 0.29) is 0 Å². The SMILES string of the molecule is NC(=O)c1c(F)cccc1F.O=C(Cl)C(=O)Cl.O=C=NC(=O)c1c(F)cccc1F. The summed E-state index contributed by atoms with van der Waals surface area (Å²) in [6.07, 6.45) is 0.913. The molecule has 0 saturated carbocycles. The lowest BCUT2D eigenvalue weighted by Crippen LogP contribution is -2.15. The summed E-state index contributed by atoms with van der Waals surface area (Å²) in [6, 6.07) is 6.02. The number of aliphatic imine (C=N–C) groups is 1. The van der Waals surface area contributed by atoms with Crippen molar-refractivity contribution in [2.45, 2.75) is 0 Å². The average molecular weight is 467 g/mol. The third-order valence-corrected chi connectivity index (χ3v) is 3.13. The number of rotatable bonds is 3. The van der Waals surface area contributed by atoms with Crippen molar-refractivity contribution < 1.29 is 41.5 Å². The highest BCUT2D eigenvalue weighted by Crippen LogP contribution is 2.12. The lowest BCUT2D eigenvalue weighted by Gasteiger charge is -1.97. The zero-order valence-electron chi connectivity index (χ0n) is 14.3. The molecule has 0 aliphatic carbocycles. The van der Waals surface area contributed by atoms with Gasteiger partial charge in [0.1, 0.15) is 34.4 Å². The van der Waals surface area contributed by atoms with Gasteiger partial charge in [-0.1, -0.05) is 12.1 Å². The second-order valence-corrected chi connectivity index (χ2v) is 5.30. The second-order valence-electron chi connectivity index (χ2n) is 4.61. The molecule has 0 aromatic heterocycles. The van der Waals surface area contributed by atoms with E-state index >= 15 is 0 Å². The highest BCUT2D eigenvalue weighted by atomic mass is 35.5. The molecule has 13 heteroatoms. The van der Waals surface area contributed by atoms with E-state index in [0.717, 1.165) is 42.5 Å². The quantitative estimate of drug-likeness (QED) is 0.244. The summed E-state index contributed by atoms with van der Waals surface area (Å²) in [4.78, 5) is 52.3. The van der Waals surface area contributed by atoms with Gasteiger partial charge in [-0.05, 0) is 47.5 Å². The molecule has 2 N–H and O–H groups in total. The first-order valence-corrected chi connectivity index (χ1v) is 7.88. The predicted molar refractivity (Wildman–Crippen MR) is 95.4 cm³/mol. The van der Waals surface area contributed by atoms with Gasteiger partial charge >= 0.3 is 10.5 Å². The van der Waals surface area contributed by atoms with Gasteiger partial charge in [0.2, 0.25) is 6.08 Å². The van der Waals surface area contributed by atoms with Gasteiger partial charge in [-0.2, -0.15) is 0 Å².